The summed E-state index contributed by atoms with van der Waals surface area (Å²) in [4.78, 5) is 0. The Morgan fingerprint density at radius 1 is 1.04 bits per heavy atom. The maximum absolute atomic E-state index is 12.0. The summed E-state index contributed by atoms with van der Waals surface area (Å²) >= 11 is 0. The van der Waals surface area contributed by atoms with E-state index in [0.29, 0.717) is 18.8 Å². The largest absolute Gasteiger partial charge is 0.266 e. The topological polar surface area (TPSA) is 0 Å². The molecule has 2 rings (SSSR count). The molecular weight excluding hydrogens is 290 g/mol. The first-order valence-corrected chi connectivity index (χ1v) is 9.29. The van der Waals surface area contributed by atoms with Crippen LogP contribution in [0.4, 0.5) is 8.78 Å². The number of rotatable bonds is 8. The van der Waals surface area contributed by atoms with Gasteiger partial charge in [-0.05, 0) is 67.6 Å². The van der Waals surface area contributed by atoms with E-state index >= 15 is 0 Å². The van der Waals surface area contributed by atoms with E-state index in [1.54, 1.807) is 0 Å². The van der Waals surface area contributed by atoms with Crippen LogP contribution in [0.25, 0.3) is 0 Å². The van der Waals surface area contributed by atoms with Crippen molar-refractivity contribution in [2.75, 3.05) is 0 Å². The first kappa shape index (κ1) is 18.2. The predicted octanol–water partition coefficient (Wildman–Crippen LogP) is 7.25. The van der Waals surface area contributed by atoms with Crippen molar-refractivity contribution in [2.24, 2.45) is 5.92 Å². The Hall–Kier alpha value is -1.18. The normalized spacial score (nSPS) is 21.2. The second kappa shape index (κ2) is 9.85. The van der Waals surface area contributed by atoms with Crippen molar-refractivity contribution in [3.63, 3.8) is 0 Å². The van der Waals surface area contributed by atoms with Crippen LogP contribution in [0, 0.1) is 5.92 Å². The van der Waals surface area contributed by atoms with Gasteiger partial charge in [0.1, 0.15) is 0 Å². The molecule has 0 saturated heterocycles. The van der Waals surface area contributed by atoms with E-state index in [4.69, 9.17) is 0 Å². The van der Waals surface area contributed by atoms with Crippen molar-refractivity contribution >= 4 is 0 Å². The summed E-state index contributed by atoms with van der Waals surface area (Å²) in [5, 5.41) is 0. The molecule has 0 N–H and O–H groups in total. The van der Waals surface area contributed by atoms with E-state index < -0.39 is 6.08 Å². The Morgan fingerprint density at radius 2 is 1.74 bits per heavy atom. The second-order valence-corrected chi connectivity index (χ2v) is 6.99. The minimum absolute atomic E-state index is 0.421. The van der Waals surface area contributed by atoms with Gasteiger partial charge in [-0.1, -0.05) is 56.9 Å². The fourth-order valence-corrected chi connectivity index (χ4v) is 3.77. The zero-order valence-corrected chi connectivity index (χ0v) is 14.4. The molecule has 0 spiro atoms. The van der Waals surface area contributed by atoms with Crippen molar-refractivity contribution in [2.45, 2.75) is 77.0 Å². The molecule has 128 valence electrons. The quantitative estimate of drug-likeness (QED) is 0.442. The van der Waals surface area contributed by atoms with Gasteiger partial charge in [0.15, 0.2) is 0 Å². The van der Waals surface area contributed by atoms with Gasteiger partial charge in [-0.2, -0.15) is 8.78 Å². The average Bonchev–Trinajstić information content (AvgIpc) is 2.56. The number of hydrogen-bond donors (Lipinski definition) is 0. The molecule has 1 aliphatic carbocycles. The van der Waals surface area contributed by atoms with Crippen LogP contribution in [0.3, 0.4) is 0 Å². The second-order valence-electron chi connectivity index (χ2n) is 6.99. The Kier molecular flexibility index (Phi) is 7.78. The summed E-state index contributed by atoms with van der Waals surface area (Å²) in [5.41, 5.74) is 2.59. The number of hydrogen-bond acceptors (Lipinski definition) is 0. The highest BCUT2D eigenvalue weighted by atomic mass is 19.3. The molecule has 0 nitrogen and oxygen atoms in total. The molecule has 0 aliphatic heterocycles. The Labute approximate surface area is 140 Å². The fourth-order valence-electron chi connectivity index (χ4n) is 3.77. The molecule has 1 aliphatic rings. The van der Waals surface area contributed by atoms with Crippen LogP contribution in [0.15, 0.2) is 36.4 Å². The smallest absolute Gasteiger partial charge is 0.174 e. The molecule has 1 aromatic rings. The molecule has 0 amide bonds. The Bertz CT molecular complexity index is 463. The first-order valence-electron chi connectivity index (χ1n) is 9.29. The minimum Gasteiger partial charge on any atom is -0.174 e. The maximum atomic E-state index is 12.0. The molecule has 0 bridgehead atoms. The summed E-state index contributed by atoms with van der Waals surface area (Å²) in [7, 11) is 0. The third-order valence-corrected chi connectivity index (χ3v) is 5.25. The van der Waals surface area contributed by atoms with Gasteiger partial charge in [-0.15, -0.1) is 0 Å². The molecular formula is C21H30F2. The lowest BCUT2D eigenvalue weighted by Gasteiger charge is -2.29. The van der Waals surface area contributed by atoms with E-state index in [9.17, 15) is 8.78 Å². The zero-order valence-electron chi connectivity index (χ0n) is 14.4. The van der Waals surface area contributed by atoms with Crippen LogP contribution in [-0.4, -0.2) is 0 Å². The fraction of sp³-hybridized carbons (Fsp3) is 0.619. The van der Waals surface area contributed by atoms with Crippen molar-refractivity contribution in [1.29, 1.82) is 0 Å². The van der Waals surface area contributed by atoms with E-state index in [0.717, 1.165) is 17.6 Å². The lowest BCUT2D eigenvalue weighted by molar-refractivity contribution is 0.303. The van der Waals surface area contributed by atoms with Gasteiger partial charge in [0, 0.05) is 0 Å². The molecule has 0 heterocycles. The van der Waals surface area contributed by atoms with Gasteiger partial charge in [0.25, 0.3) is 6.08 Å². The third kappa shape index (κ3) is 6.45. The highest BCUT2D eigenvalue weighted by molar-refractivity contribution is 5.26. The summed E-state index contributed by atoms with van der Waals surface area (Å²) < 4.78 is 24.1. The van der Waals surface area contributed by atoms with Gasteiger partial charge >= 0.3 is 0 Å². The van der Waals surface area contributed by atoms with E-state index in [1.807, 2.05) is 0 Å². The number of benzene rings is 1. The molecule has 2 heteroatoms. The molecule has 0 unspecified atom stereocenters. The number of halogens is 2. The average molecular weight is 320 g/mol. The molecule has 1 saturated carbocycles. The van der Waals surface area contributed by atoms with Crippen LogP contribution < -0.4 is 0 Å². The van der Waals surface area contributed by atoms with Crippen molar-refractivity contribution < 1.29 is 8.78 Å². The summed E-state index contributed by atoms with van der Waals surface area (Å²) in [5.74, 6) is 1.65. The van der Waals surface area contributed by atoms with Crippen LogP contribution in [0.5, 0.6) is 0 Å². The van der Waals surface area contributed by atoms with Crippen molar-refractivity contribution in [1.82, 2.24) is 0 Å². The van der Waals surface area contributed by atoms with E-state index in [1.165, 1.54) is 56.9 Å². The van der Waals surface area contributed by atoms with Crippen LogP contribution in [-0.2, 0) is 6.42 Å². The molecule has 1 fully saturated rings. The van der Waals surface area contributed by atoms with E-state index in [2.05, 4.69) is 31.2 Å². The maximum Gasteiger partial charge on any atom is 0.266 e. The molecule has 1 aromatic carbocycles. The summed E-state index contributed by atoms with van der Waals surface area (Å²) in [6.07, 6.45) is 11.4. The van der Waals surface area contributed by atoms with Crippen LogP contribution >= 0.6 is 0 Å². The van der Waals surface area contributed by atoms with Gasteiger partial charge in [0.2, 0.25) is 0 Å². The minimum atomic E-state index is -1.57. The number of unbranched alkanes of at least 4 members (excludes halogenated alkanes) is 2. The van der Waals surface area contributed by atoms with E-state index in [-0.39, 0.29) is 0 Å². The molecule has 23 heavy (non-hydrogen) atoms. The van der Waals surface area contributed by atoms with Crippen molar-refractivity contribution in [3.05, 3.63) is 47.5 Å². The van der Waals surface area contributed by atoms with Gasteiger partial charge in [-0.3, -0.25) is 0 Å². The standard InChI is InChI=1S/C21H30F2/c1-2-3-4-6-17-9-13-19(14-10-17)20-15-11-18(12-16-20)7-5-8-21(22)23/h8,11-12,15-17,19H,2-7,9-10,13-14H2,1H3/t17-,19-. The summed E-state index contributed by atoms with van der Waals surface area (Å²) in [6, 6.07) is 8.67. The zero-order chi connectivity index (χ0) is 16.5. The highest BCUT2D eigenvalue weighted by Gasteiger charge is 2.21. The SMILES string of the molecule is CCCCC[C@H]1CC[C@H](c2ccc(CCC=C(F)F)cc2)CC1. The first-order chi connectivity index (χ1) is 11.2. The molecule has 0 aromatic heterocycles. The number of aryl methyl sites for hydroxylation is 1. The van der Waals surface area contributed by atoms with Crippen LogP contribution in [0.2, 0.25) is 0 Å². The summed E-state index contributed by atoms with van der Waals surface area (Å²) in [6.45, 7) is 2.27. The van der Waals surface area contributed by atoms with Gasteiger partial charge < -0.3 is 0 Å². The Morgan fingerprint density at radius 3 is 2.35 bits per heavy atom. The lowest BCUT2D eigenvalue weighted by atomic mass is 9.77. The predicted molar refractivity (Wildman–Crippen MR) is 93.9 cm³/mol. The lowest BCUT2D eigenvalue weighted by Crippen LogP contribution is -2.13. The third-order valence-electron chi connectivity index (χ3n) is 5.25. The highest BCUT2D eigenvalue weighted by Crippen LogP contribution is 2.37. The van der Waals surface area contributed by atoms with Gasteiger partial charge in [0.05, 0.1) is 0 Å². The monoisotopic (exact) mass is 320 g/mol. The van der Waals surface area contributed by atoms with Crippen molar-refractivity contribution in [3.8, 4) is 0 Å². The molecule has 0 radical (unpaired) electrons. The Balaban J connectivity index is 1.76. The van der Waals surface area contributed by atoms with Crippen LogP contribution in [0.1, 0.15) is 81.8 Å². The molecule has 0 atom stereocenters. The number of allylic oxidation sites excluding steroid dienone is 1. The van der Waals surface area contributed by atoms with Gasteiger partial charge in [-0.25, -0.2) is 0 Å².